The van der Waals surface area contributed by atoms with E-state index in [9.17, 15) is 9.59 Å². The van der Waals surface area contributed by atoms with Crippen LogP contribution in [0.1, 0.15) is 18.1 Å². The van der Waals surface area contributed by atoms with Crippen LogP contribution in [0.5, 0.6) is 0 Å². The van der Waals surface area contributed by atoms with Gasteiger partial charge < -0.3 is 9.64 Å². The van der Waals surface area contributed by atoms with Crippen LogP contribution in [0.4, 0.5) is 0 Å². The van der Waals surface area contributed by atoms with Gasteiger partial charge in [-0.25, -0.2) is 0 Å². The monoisotopic (exact) mass is 301 g/mol. The highest BCUT2D eigenvalue weighted by Crippen LogP contribution is 2.07. The van der Waals surface area contributed by atoms with E-state index in [1.54, 1.807) is 24.0 Å². The number of esters is 1. The zero-order chi connectivity index (χ0) is 16.5. The molecule has 1 amide bonds. The standard InChI is InChI=1S/C18H23NO3/c1-5-12-19(13-15(3)18(21)22-4)17(20)11-10-16-8-6-14(2)7-9-16/h5-11,15H,1,12-13H2,2-4H3/b11-10+. The lowest BCUT2D eigenvalue weighted by Crippen LogP contribution is -2.36. The average molecular weight is 301 g/mol. The summed E-state index contributed by atoms with van der Waals surface area (Å²) < 4.78 is 4.69. The largest absolute Gasteiger partial charge is 0.469 e. The first-order valence-corrected chi connectivity index (χ1v) is 7.20. The molecule has 4 nitrogen and oxygen atoms in total. The quantitative estimate of drug-likeness (QED) is 0.442. The first-order valence-electron chi connectivity index (χ1n) is 7.20. The van der Waals surface area contributed by atoms with Gasteiger partial charge >= 0.3 is 5.97 Å². The summed E-state index contributed by atoms with van der Waals surface area (Å²) in [4.78, 5) is 25.3. The Bertz CT molecular complexity index is 546. The number of rotatable bonds is 7. The van der Waals surface area contributed by atoms with E-state index < -0.39 is 0 Å². The fourth-order valence-corrected chi connectivity index (χ4v) is 1.97. The van der Waals surface area contributed by atoms with Gasteiger partial charge in [-0.05, 0) is 18.6 Å². The minimum atomic E-state index is -0.373. The van der Waals surface area contributed by atoms with Crippen LogP contribution in [-0.4, -0.2) is 37.0 Å². The number of carbonyl (C=O) groups is 2. The molecule has 1 unspecified atom stereocenters. The zero-order valence-corrected chi connectivity index (χ0v) is 13.4. The highest BCUT2D eigenvalue weighted by molar-refractivity contribution is 5.92. The molecule has 0 spiro atoms. The molecule has 22 heavy (non-hydrogen) atoms. The second-order valence-electron chi connectivity index (χ2n) is 5.20. The number of carbonyl (C=O) groups excluding carboxylic acids is 2. The van der Waals surface area contributed by atoms with E-state index >= 15 is 0 Å². The molecule has 1 aromatic rings. The van der Waals surface area contributed by atoms with Crippen molar-refractivity contribution in [2.75, 3.05) is 20.2 Å². The summed E-state index contributed by atoms with van der Waals surface area (Å²) in [6, 6.07) is 7.89. The normalized spacial score (nSPS) is 12.0. The summed E-state index contributed by atoms with van der Waals surface area (Å²) in [6.07, 6.45) is 4.92. The summed E-state index contributed by atoms with van der Waals surface area (Å²) in [5, 5.41) is 0. The van der Waals surface area contributed by atoms with Gasteiger partial charge in [0.1, 0.15) is 0 Å². The van der Waals surface area contributed by atoms with Crippen LogP contribution in [0, 0.1) is 12.8 Å². The van der Waals surface area contributed by atoms with E-state index in [1.165, 1.54) is 18.7 Å². The van der Waals surface area contributed by atoms with E-state index in [1.807, 2.05) is 31.2 Å². The van der Waals surface area contributed by atoms with Crippen molar-refractivity contribution >= 4 is 18.0 Å². The lowest BCUT2D eigenvalue weighted by Gasteiger charge is -2.22. The Morgan fingerprint density at radius 3 is 2.50 bits per heavy atom. The zero-order valence-electron chi connectivity index (χ0n) is 13.4. The molecule has 0 aliphatic heterocycles. The van der Waals surface area contributed by atoms with Gasteiger partial charge in [0.25, 0.3) is 0 Å². The SMILES string of the molecule is C=CCN(CC(C)C(=O)OC)C(=O)/C=C/c1ccc(C)cc1. The van der Waals surface area contributed by atoms with Crippen LogP contribution in [0.2, 0.25) is 0 Å². The molecule has 4 heteroatoms. The highest BCUT2D eigenvalue weighted by Gasteiger charge is 2.19. The molecular weight excluding hydrogens is 278 g/mol. The summed E-state index contributed by atoms with van der Waals surface area (Å²) in [6.45, 7) is 8.09. The van der Waals surface area contributed by atoms with Crippen molar-refractivity contribution in [1.29, 1.82) is 0 Å². The molecule has 0 saturated carbocycles. The molecule has 0 bridgehead atoms. The van der Waals surface area contributed by atoms with Crippen LogP contribution in [0.25, 0.3) is 6.08 Å². The Hall–Kier alpha value is -2.36. The molecule has 1 rings (SSSR count). The second kappa shape index (κ2) is 8.82. The highest BCUT2D eigenvalue weighted by atomic mass is 16.5. The van der Waals surface area contributed by atoms with Gasteiger partial charge in [0.2, 0.25) is 5.91 Å². The van der Waals surface area contributed by atoms with Crippen molar-refractivity contribution in [3.8, 4) is 0 Å². The van der Waals surface area contributed by atoms with Crippen LogP contribution in [0.15, 0.2) is 43.0 Å². The number of aryl methyl sites for hydroxylation is 1. The first kappa shape index (κ1) is 17.7. The number of nitrogens with zero attached hydrogens (tertiary/aromatic N) is 1. The van der Waals surface area contributed by atoms with E-state index in [-0.39, 0.29) is 17.8 Å². The predicted octanol–water partition coefficient (Wildman–Crippen LogP) is 2.83. The molecule has 0 fully saturated rings. The number of benzene rings is 1. The minimum Gasteiger partial charge on any atom is -0.469 e. The van der Waals surface area contributed by atoms with Crippen molar-refractivity contribution in [2.24, 2.45) is 5.92 Å². The number of hydrogen-bond donors (Lipinski definition) is 0. The lowest BCUT2D eigenvalue weighted by molar-refractivity contribution is -0.145. The molecule has 0 aliphatic carbocycles. The Balaban J connectivity index is 2.73. The minimum absolute atomic E-state index is 0.156. The van der Waals surface area contributed by atoms with Crippen LogP contribution in [-0.2, 0) is 14.3 Å². The smallest absolute Gasteiger partial charge is 0.310 e. The van der Waals surface area contributed by atoms with Gasteiger partial charge in [-0.15, -0.1) is 6.58 Å². The van der Waals surface area contributed by atoms with Crippen LogP contribution < -0.4 is 0 Å². The van der Waals surface area contributed by atoms with E-state index in [0.717, 1.165) is 5.56 Å². The van der Waals surface area contributed by atoms with Gasteiger partial charge in [-0.2, -0.15) is 0 Å². The molecular formula is C18H23NO3. The second-order valence-corrected chi connectivity index (χ2v) is 5.20. The van der Waals surface area contributed by atoms with Gasteiger partial charge in [-0.3, -0.25) is 9.59 Å². The number of ether oxygens (including phenoxy) is 1. The van der Waals surface area contributed by atoms with E-state index in [0.29, 0.717) is 13.1 Å². The lowest BCUT2D eigenvalue weighted by atomic mass is 10.1. The Morgan fingerprint density at radius 2 is 1.95 bits per heavy atom. The van der Waals surface area contributed by atoms with Gasteiger partial charge in [-0.1, -0.05) is 42.8 Å². The molecule has 0 heterocycles. The molecule has 118 valence electrons. The molecule has 0 aliphatic rings. The number of hydrogen-bond acceptors (Lipinski definition) is 3. The fraction of sp³-hybridized carbons (Fsp3) is 0.333. The first-order chi connectivity index (χ1) is 10.5. The van der Waals surface area contributed by atoms with Crippen LogP contribution >= 0.6 is 0 Å². The predicted molar refractivity (Wildman–Crippen MR) is 88.2 cm³/mol. The van der Waals surface area contributed by atoms with Crippen molar-refractivity contribution < 1.29 is 14.3 Å². The van der Waals surface area contributed by atoms with Gasteiger partial charge in [0, 0.05) is 19.2 Å². The maximum atomic E-state index is 12.3. The van der Waals surface area contributed by atoms with E-state index in [4.69, 9.17) is 4.74 Å². The number of methoxy groups -OCH3 is 1. The van der Waals surface area contributed by atoms with Gasteiger partial charge in [0.05, 0.1) is 13.0 Å². The Labute approximate surface area is 132 Å². The summed E-state index contributed by atoms with van der Waals surface area (Å²) in [7, 11) is 1.34. The molecule has 0 saturated heterocycles. The summed E-state index contributed by atoms with van der Waals surface area (Å²) in [5.74, 6) is -0.859. The maximum Gasteiger partial charge on any atom is 0.310 e. The molecule has 0 radical (unpaired) electrons. The van der Waals surface area contributed by atoms with Crippen molar-refractivity contribution in [2.45, 2.75) is 13.8 Å². The van der Waals surface area contributed by atoms with E-state index in [2.05, 4.69) is 6.58 Å². The third-order valence-electron chi connectivity index (χ3n) is 3.25. The Morgan fingerprint density at radius 1 is 1.32 bits per heavy atom. The fourth-order valence-electron chi connectivity index (χ4n) is 1.97. The average Bonchev–Trinajstić information content (AvgIpc) is 2.52. The maximum absolute atomic E-state index is 12.3. The number of amides is 1. The summed E-state index contributed by atoms with van der Waals surface area (Å²) in [5.41, 5.74) is 2.13. The third-order valence-corrected chi connectivity index (χ3v) is 3.25. The molecule has 1 atom stereocenters. The molecule has 0 aromatic heterocycles. The summed E-state index contributed by atoms with van der Waals surface area (Å²) >= 11 is 0. The van der Waals surface area contributed by atoms with Crippen molar-refractivity contribution in [3.05, 3.63) is 54.1 Å². The van der Waals surface area contributed by atoms with Crippen LogP contribution in [0.3, 0.4) is 0 Å². The molecule has 0 N–H and O–H groups in total. The topological polar surface area (TPSA) is 46.6 Å². The van der Waals surface area contributed by atoms with Crippen molar-refractivity contribution in [1.82, 2.24) is 4.90 Å². The van der Waals surface area contributed by atoms with Crippen molar-refractivity contribution in [3.63, 3.8) is 0 Å². The third kappa shape index (κ3) is 5.56. The Kier molecular flexibility index (Phi) is 7.09. The van der Waals surface area contributed by atoms with Gasteiger partial charge in [0.15, 0.2) is 0 Å². The molecule has 1 aromatic carbocycles.